The van der Waals surface area contributed by atoms with Gasteiger partial charge in [0.25, 0.3) is 0 Å². The van der Waals surface area contributed by atoms with E-state index in [1.807, 2.05) is 13.8 Å². The third-order valence-corrected chi connectivity index (χ3v) is 3.85. The van der Waals surface area contributed by atoms with Crippen LogP contribution in [0.5, 0.6) is 0 Å². The van der Waals surface area contributed by atoms with Crippen molar-refractivity contribution < 1.29 is 14.3 Å². The van der Waals surface area contributed by atoms with Gasteiger partial charge in [-0.3, -0.25) is 4.79 Å². The summed E-state index contributed by atoms with van der Waals surface area (Å²) >= 11 is 4.47. The van der Waals surface area contributed by atoms with Crippen molar-refractivity contribution >= 4 is 24.8 Å². The molecular weight excluding hydrogens is 312 g/mol. The van der Waals surface area contributed by atoms with Gasteiger partial charge in [-0.2, -0.15) is 12.6 Å². The molecule has 0 fully saturated rings. The summed E-state index contributed by atoms with van der Waals surface area (Å²) in [4.78, 5) is 22.2. The second-order valence-electron chi connectivity index (χ2n) is 7.32. The van der Waals surface area contributed by atoms with E-state index in [4.69, 9.17) is 10.5 Å². The Balaban J connectivity index is 3.75. The smallest absolute Gasteiger partial charge is 0.220 e. The van der Waals surface area contributed by atoms with Gasteiger partial charge in [0.05, 0.1) is 11.6 Å². The lowest BCUT2D eigenvalue weighted by Crippen LogP contribution is -2.31. The average Bonchev–Trinajstić information content (AvgIpc) is 2.43. The fourth-order valence-electron chi connectivity index (χ4n) is 1.95. The van der Waals surface area contributed by atoms with Crippen LogP contribution in [-0.2, 0) is 14.3 Å². The normalized spacial score (nSPS) is 13.7. The summed E-state index contributed by atoms with van der Waals surface area (Å²) in [6, 6.07) is -0.383. The molecule has 0 bridgehead atoms. The molecule has 0 heterocycles. The van der Waals surface area contributed by atoms with Gasteiger partial charge in [-0.15, -0.1) is 0 Å². The van der Waals surface area contributed by atoms with Gasteiger partial charge < -0.3 is 20.6 Å². The lowest BCUT2D eigenvalue weighted by Gasteiger charge is -2.27. The summed E-state index contributed by atoms with van der Waals surface area (Å²) in [5.41, 5.74) is 5.19. The topological polar surface area (TPSA) is 81.4 Å². The Kier molecular flexibility index (Phi) is 10.8. The quantitative estimate of drug-likeness (QED) is 0.272. The van der Waals surface area contributed by atoms with Crippen LogP contribution in [0, 0.1) is 0 Å². The lowest BCUT2D eigenvalue weighted by atomic mass is 10.0. The number of carbonyl (C=O) groups is 2. The van der Waals surface area contributed by atoms with E-state index in [1.54, 1.807) is 0 Å². The van der Waals surface area contributed by atoms with Crippen molar-refractivity contribution in [3.05, 3.63) is 0 Å². The van der Waals surface area contributed by atoms with Gasteiger partial charge in [-0.1, -0.05) is 13.8 Å². The zero-order chi connectivity index (χ0) is 17.9. The van der Waals surface area contributed by atoms with Gasteiger partial charge in [0, 0.05) is 24.3 Å². The molecule has 0 spiro atoms. The van der Waals surface area contributed by atoms with Crippen LogP contribution in [0.3, 0.4) is 0 Å². The Labute approximate surface area is 146 Å². The highest BCUT2D eigenvalue weighted by atomic mass is 32.1. The van der Waals surface area contributed by atoms with E-state index in [1.165, 1.54) is 0 Å². The molecule has 1 unspecified atom stereocenters. The van der Waals surface area contributed by atoms with Crippen molar-refractivity contribution in [1.82, 2.24) is 5.32 Å². The monoisotopic (exact) mass is 346 g/mol. The van der Waals surface area contributed by atoms with Gasteiger partial charge in [0.2, 0.25) is 5.91 Å². The van der Waals surface area contributed by atoms with Crippen LogP contribution in [0.1, 0.15) is 66.2 Å². The Bertz CT molecular complexity index is 354. The molecule has 0 saturated heterocycles. The highest BCUT2D eigenvalue weighted by molar-refractivity contribution is 7.81. The van der Waals surface area contributed by atoms with Crippen LogP contribution >= 0.6 is 12.6 Å². The molecule has 0 aliphatic heterocycles. The maximum atomic E-state index is 11.8. The van der Waals surface area contributed by atoms with Crippen molar-refractivity contribution in [1.29, 1.82) is 0 Å². The summed E-state index contributed by atoms with van der Waals surface area (Å²) in [6.45, 7) is 9.39. The number of rotatable bonds is 13. The van der Waals surface area contributed by atoms with Crippen LogP contribution in [0.4, 0.5) is 0 Å². The second kappa shape index (κ2) is 11.0. The first-order valence-corrected chi connectivity index (χ1v) is 8.84. The van der Waals surface area contributed by atoms with Crippen molar-refractivity contribution in [2.45, 2.75) is 82.6 Å². The zero-order valence-corrected chi connectivity index (χ0v) is 16.0. The molecular formula is C17H34N2O3S. The van der Waals surface area contributed by atoms with Crippen LogP contribution in [0.2, 0.25) is 0 Å². The highest BCUT2D eigenvalue weighted by Gasteiger charge is 2.21. The molecule has 0 aromatic carbocycles. The molecule has 0 saturated carbocycles. The Morgan fingerprint density at radius 1 is 1.26 bits per heavy atom. The molecule has 1 atom stereocenters. The van der Waals surface area contributed by atoms with Crippen LogP contribution < -0.4 is 11.1 Å². The maximum absolute atomic E-state index is 11.8. The van der Waals surface area contributed by atoms with E-state index >= 15 is 0 Å². The van der Waals surface area contributed by atoms with Crippen molar-refractivity contribution in [2.75, 3.05) is 13.2 Å². The van der Waals surface area contributed by atoms with Gasteiger partial charge in [-0.05, 0) is 46.0 Å². The Morgan fingerprint density at radius 3 is 2.48 bits per heavy atom. The number of amides is 1. The minimum absolute atomic E-state index is 0.0379. The summed E-state index contributed by atoms with van der Waals surface area (Å²) in [5, 5.41) is 2.89. The minimum atomic E-state index is -0.383. The van der Waals surface area contributed by atoms with Crippen LogP contribution in [0.25, 0.3) is 0 Å². The molecule has 136 valence electrons. The molecule has 0 aromatic rings. The van der Waals surface area contributed by atoms with E-state index < -0.39 is 0 Å². The van der Waals surface area contributed by atoms with E-state index in [-0.39, 0.29) is 22.3 Å². The van der Waals surface area contributed by atoms with Gasteiger partial charge in [0.15, 0.2) is 0 Å². The van der Waals surface area contributed by atoms with Crippen molar-refractivity contribution in [2.24, 2.45) is 5.73 Å². The number of nitrogens with two attached hydrogens (primary N) is 1. The largest absolute Gasteiger partial charge is 0.376 e. The standard InChI is InChI=1S/C17H34N2O3S/c1-16(2,22-12-10-17(3,4)23)9-8-15(21)19-11-6-5-7-14(18)13-20/h13-14,23H,5-12,18H2,1-4H3,(H,19,21). The third kappa shape index (κ3) is 14.7. The zero-order valence-electron chi connectivity index (χ0n) is 15.1. The molecule has 0 rings (SSSR count). The summed E-state index contributed by atoms with van der Waals surface area (Å²) in [7, 11) is 0. The number of nitrogens with one attached hydrogen (secondary N) is 1. The molecule has 5 nitrogen and oxygen atoms in total. The van der Waals surface area contributed by atoms with Gasteiger partial charge in [0.1, 0.15) is 6.29 Å². The number of unbranched alkanes of at least 4 members (excludes halogenated alkanes) is 1. The number of aldehydes is 1. The fraction of sp³-hybridized carbons (Fsp3) is 0.882. The fourth-order valence-corrected chi connectivity index (χ4v) is 2.04. The van der Waals surface area contributed by atoms with E-state index in [2.05, 4.69) is 31.8 Å². The summed E-state index contributed by atoms with van der Waals surface area (Å²) in [6.07, 6.45) is 5.11. The highest BCUT2D eigenvalue weighted by Crippen LogP contribution is 2.21. The predicted molar refractivity (Wildman–Crippen MR) is 97.8 cm³/mol. The number of ether oxygens (including phenoxy) is 1. The summed E-state index contributed by atoms with van der Waals surface area (Å²) in [5.74, 6) is 0.0379. The molecule has 1 amide bonds. The van der Waals surface area contributed by atoms with E-state index in [0.717, 1.165) is 25.5 Å². The van der Waals surface area contributed by atoms with Crippen LogP contribution in [-0.4, -0.2) is 41.7 Å². The van der Waals surface area contributed by atoms with E-state index in [9.17, 15) is 9.59 Å². The van der Waals surface area contributed by atoms with Crippen LogP contribution in [0.15, 0.2) is 0 Å². The molecule has 23 heavy (non-hydrogen) atoms. The number of hydrogen-bond donors (Lipinski definition) is 3. The summed E-state index contributed by atoms with van der Waals surface area (Å²) < 4.78 is 5.82. The van der Waals surface area contributed by atoms with E-state index in [0.29, 0.717) is 32.4 Å². The first-order chi connectivity index (χ1) is 10.6. The van der Waals surface area contributed by atoms with Crippen molar-refractivity contribution in [3.8, 4) is 0 Å². The first-order valence-electron chi connectivity index (χ1n) is 8.40. The molecule has 3 N–H and O–H groups in total. The molecule has 0 radical (unpaired) electrons. The van der Waals surface area contributed by atoms with Crippen molar-refractivity contribution in [3.63, 3.8) is 0 Å². The minimum Gasteiger partial charge on any atom is -0.376 e. The SMILES string of the molecule is CC(C)(S)CCOC(C)(C)CCC(=O)NCCCCC(N)C=O. The van der Waals surface area contributed by atoms with Gasteiger partial charge >= 0.3 is 0 Å². The average molecular weight is 347 g/mol. The number of thiol groups is 1. The molecule has 0 aliphatic rings. The Morgan fingerprint density at radius 2 is 1.91 bits per heavy atom. The predicted octanol–water partition coefficient (Wildman–Crippen LogP) is 2.47. The molecule has 0 aromatic heterocycles. The lowest BCUT2D eigenvalue weighted by molar-refractivity contribution is -0.123. The second-order valence-corrected chi connectivity index (χ2v) is 8.53. The number of carbonyl (C=O) groups excluding carboxylic acids is 2. The van der Waals surface area contributed by atoms with Gasteiger partial charge in [-0.25, -0.2) is 0 Å². The third-order valence-electron chi connectivity index (χ3n) is 3.62. The maximum Gasteiger partial charge on any atom is 0.220 e. The molecule has 6 heteroatoms. The number of hydrogen-bond acceptors (Lipinski definition) is 5. The Hall–Kier alpha value is -0.590. The first kappa shape index (κ1) is 22.4. The molecule has 0 aliphatic carbocycles.